The van der Waals surface area contributed by atoms with Crippen LogP contribution in [0.25, 0.3) is 0 Å². The Morgan fingerprint density at radius 2 is 2.14 bits per heavy atom. The molecule has 0 fully saturated rings. The average Bonchev–Trinajstić information content (AvgIpc) is 2.45. The van der Waals surface area contributed by atoms with Crippen LogP contribution < -0.4 is 16.0 Å². The molecule has 1 heterocycles. The Bertz CT molecular complexity index is 799. The lowest BCUT2D eigenvalue weighted by molar-refractivity contribution is -0.386. The van der Waals surface area contributed by atoms with Gasteiger partial charge in [0.2, 0.25) is 0 Å². The fourth-order valence-electron chi connectivity index (χ4n) is 1.78. The van der Waals surface area contributed by atoms with Crippen molar-refractivity contribution in [1.29, 1.82) is 0 Å². The summed E-state index contributed by atoms with van der Waals surface area (Å²) in [6.45, 7) is 0.469. The maximum Gasteiger partial charge on any atom is 0.350 e. The monoisotopic (exact) mass is 325 g/mol. The van der Waals surface area contributed by atoms with Crippen LogP contribution in [0, 0.1) is 10.1 Å². The zero-order valence-corrected chi connectivity index (χ0v) is 12.1. The van der Waals surface area contributed by atoms with Gasteiger partial charge in [0.25, 0.3) is 0 Å². The van der Waals surface area contributed by atoms with E-state index in [9.17, 15) is 19.7 Å². The van der Waals surface area contributed by atoms with E-state index in [0.29, 0.717) is 23.8 Å². The number of rotatable bonds is 6. The van der Waals surface area contributed by atoms with Crippen molar-refractivity contribution in [3.05, 3.63) is 66.4 Å². The molecule has 8 nitrogen and oxygen atoms in total. The molecule has 0 saturated carbocycles. The summed E-state index contributed by atoms with van der Waals surface area (Å²) >= 11 is 5.81. The molecule has 0 spiro atoms. The van der Waals surface area contributed by atoms with Gasteiger partial charge >= 0.3 is 16.9 Å². The van der Waals surface area contributed by atoms with E-state index in [1.54, 1.807) is 24.3 Å². The van der Waals surface area contributed by atoms with E-state index in [-0.39, 0.29) is 6.54 Å². The molecule has 0 amide bonds. The van der Waals surface area contributed by atoms with E-state index in [2.05, 4.69) is 0 Å². The maximum atomic E-state index is 11.6. The number of hydrogen-bond donors (Lipinski definition) is 1. The summed E-state index contributed by atoms with van der Waals surface area (Å²) < 4.78 is 6.51. The molecular weight excluding hydrogens is 314 g/mol. The van der Waals surface area contributed by atoms with Gasteiger partial charge in [0.15, 0.2) is 0 Å². The lowest BCUT2D eigenvalue weighted by Gasteiger charge is -2.07. The second-order valence-corrected chi connectivity index (χ2v) is 4.82. The highest BCUT2D eigenvalue weighted by molar-refractivity contribution is 6.30. The largest absolute Gasteiger partial charge is 0.493 e. The van der Waals surface area contributed by atoms with Crippen LogP contribution in [0.15, 0.2) is 40.1 Å². The van der Waals surface area contributed by atoms with Crippen LogP contribution >= 0.6 is 11.6 Å². The molecule has 2 aromatic rings. The first-order valence-electron chi connectivity index (χ1n) is 6.34. The summed E-state index contributed by atoms with van der Waals surface area (Å²) in [6, 6.07) is 6.85. The van der Waals surface area contributed by atoms with E-state index in [0.717, 1.165) is 10.8 Å². The van der Waals surface area contributed by atoms with Crippen molar-refractivity contribution in [2.45, 2.75) is 13.0 Å². The number of nitrogens with one attached hydrogen (secondary N) is 1. The van der Waals surface area contributed by atoms with Crippen molar-refractivity contribution in [3.8, 4) is 5.75 Å². The third kappa shape index (κ3) is 3.95. The van der Waals surface area contributed by atoms with Crippen molar-refractivity contribution in [2.75, 3.05) is 6.61 Å². The number of ether oxygens (including phenoxy) is 1. The Morgan fingerprint density at radius 1 is 1.36 bits per heavy atom. The standard InChI is InChI=1S/C13H12ClN3O5/c14-9-3-1-4-10(7-9)22-6-2-5-16-8-11(17(20)21)12(18)15-13(16)19/h1,3-4,7-8H,2,5-6H2,(H,15,18,19). The first-order chi connectivity index (χ1) is 10.5. The minimum absolute atomic E-state index is 0.178. The van der Waals surface area contributed by atoms with Crippen molar-refractivity contribution in [2.24, 2.45) is 0 Å². The molecule has 0 radical (unpaired) electrons. The predicted molar refractivity (Wildman–Crippen MR) is 79.5 cm³/mol. The molecular formula is C13H12ClN3O5. The average molecular weight is 326 g/mol. The van der Waals surface area contributed by atoms with Crippen LogP contribution in [0.1, 0.15) is 6.42 Å². The minimum Gasteiger partial charge on any atom is -0.493 e. The van der Waals surface area contributed by atoms with Crippen molar-refractivity contribution in [3.63, 3.8) is 0 Å². The fraction of sp³-hybridized carbons (Fsp3) is 0.231. The van der Waals surface area contributed by atoms with E-state index in [4.69, 9.17) is 16.3 Å². The molecule has 9 heteroatoms. The quantitative estimate of drug-likeness (QED) is 0.492. The molecule has 22 heavy (non-hydrogen) atoms. The van der Waals surface area contributed by atoms with Gasteiger partial charge in [-0.25, -0.2) is 4.79 Å². The smallest absolute Gasteiger partial charge is 0.350 e. The van der Waals surface area contributed by atoms with Crippen LogP contribution in [0.2, 0.25) is 5.02 Å². The second kappa shape index (κ2) is 6.90. The zero-order valence-electron chi connectivity index (χ0n) is 11.3. The Hall–Kier alpha value is -2.61. The summed E-state index contributed by atoms with van der Waals surface area (Å²) in [7, 11) is 0. The number of aromatic amines is 1. The van der Waals surface area contributed by atoms with E-state index < -0.39 is 21.9 Å². The number of nitro groups is 1. The molecule has 2 rings (SSSR count). The van der Waals surface area contributed by atoms with Gasteiger partial charge in [0, 0.05) is 11.6 Å². The normalized spacial score (nSPS) is 10.4. The summed E-state index contributed by atoms with van der Waals surface area (Å²) in [4.78, 5) is 34.5. The highest BCUT2D eigenvalue weighted by Gasteiger charge is 2.14. The highest BCUT2D eigenvalue weighted by atomic mass is 35.5. The molecule has 1 aromatic carbocycles. The number of hydrogen-bond acceptors (Lipinski definition) is 5. The number of aromatic nitrogens is 2. The van der Waals surface area contributed by atoms with Gasteiger partial charge in [-0.05, 0) is 24.6 Å². The van der Waals surface area contributed by atoms with E-state index in [1.807, 2.05) is 4.98 Å². The van der Waals surface area contributed by atoms with Gasteiger partial charge in [0.05, 0.1) is 17.7 Å². The Kier molecular flexibility index (Phi) is 4.95. The van der Waals surface area contributed by atoms with Gasteiger partial charge in [0.1, 0.15) is 5.75 Å². The van der Waals surface area contributed by atoms with Crippen molar-refractivity contribution in [1.82, 2.24) is 9.55 Å². The fourth-order valence-corrected chi connectivity index (χ4v) is 1.96. The number of nitrogens with zero attached hydrogens (tertiary/aromatic N) is 2. The SMILES string of the molecule is O=c1[nH]c(=O)n(CCCOc2cccc(Cl)c2)cc1[N+](=O)[O-]. The summed E-state index contributed by atoms with van der Waals surface area (Å²) in [6.07, 6.45) is 1.36. The summed E-state index contributed by atoms with van der Waals surface area (Å²) in [5, 5.41) is 11.2. The zero-order chi connectivity index (χ0) is 16.1. The Balaban J connectivity index is 1.97. The number of aryl methyl sites for hydroxylation is 1. The molecule has 0 saturated heterocycles. The number of halogens is 1. The molecule has 0 aliphatic heterocycles. The maximum absolute atomic E-state index is 11.6. The van der Waals surface area contributed by atoms with Gasteiger partial charge in [-0.2, -0.15) is 0 Å². The van der Waals surface area contributed by atoms with Crippen molar-refractivity contribution >= 4 is 17.3 Å². The summed E-state index contributed by atoms with van der Waals surface area (Å²) in [5.41, 5.74) is -2.38. The van der Waals surface area contributed by atoms with Gasteiger partial charge in [-0.1, -0.05) is 17.7 Å². The molecule has 0 atom stereocenters. The third-order valence-electron chi connectivity index (χ3n) is 2.80. The predicted octanol–water partition coefficient (Wildman–Crippen LogP) is 1.57. The van der Waals surface area contributed by atoms with Crippen LogP contribution in [-0.4, -0.2) is 21.1 Å². The van der Waals surface area contributed by atoms with Gasteiger partial charge in [-0.3, -0.25) is 24.5 Å². The number of benzene rings is 1. The lowest BCUT2D eigenvalue weighted by atomic mass is 10.3. The van der Waals surface area contributed by atoms with E-state index in [1.165, 1.54) is 0 Å². The van der Waals surface area contributed by atoms with Gasteiger partial charge < -0.3 is 4.74 Å². The first kappa shape index (κ1) is 15.8. The molecule has 0 bridgehead atoms. The summed E-state index contributed by atoms with van der Waals surface area (Å²) in [5.74, 6) is 0.590. The van der Waals surface area contributed by atoms with Crippen molar-refractivity contribution < 1.29 is 9.66 Å². The van der Waals surface area contributed by atoms with Crippen LogP contribution in [0.5, 0.6) is 5.75 Å². The Labute approximate surface area is 129 Å². The highest BCUT2D eigenvalue weighted by Crippen LogP contribution is 2.17. The molecule has 0 aliphatic rings. The third-order valence-corrected chi connectivity index (χ3v) is 3.03. The van der Waals surface area contributed by atoms with E-state index >= 15 is 0 Å². The molecule has 1 N–H and O–H groups in total. The van der Waals surface area contributed by atoms with Crippen LogP contribution in [0.3, 0.4) is 0 Å². The van der Waals surface area contributed by atoms with Crippen LogP contribution in [0.4, 0.5) is 5.69 Å². The molecule has 116 valence electrons. The number of H-pyrrole nitrogens is 1. The topological polar surface area (TPSA) is 107 Å². The lowest BCUT2D eigenvalue weighted by Crippen LogP contribution is -2.31. The second-order valence-electron chi connectivity index (χ2n) is 4.38. The van der Waals surface area contributed by atoms with Gasteiger partial charge in [-0.15, -0.1) is 0 Å². The Morgan fingerprint density at radius 3 is 2.82 bits per heavy atom. The molecule has 0 unspecified atom stereocenters. The molecule has 0 aliphatic carbocycles. The van der Waals surface area contributed by atoms with Crippen LogP contribution in [-0.2, 0) is 6.54 Å². The molecule has 1 aromatic heterocycles. The first-order valence-corrected chi connectivity index (χ1v) is 6.71. The minimum atomic E-state index is -1.01.